The fraction of sp³-hybridized carbons (Fsp3) is 0.0667. The highest BCUT2D eigenvalue weighted by Gasteiger charge is 2.13. The fourth-order valence-corrected chi connectivity index (χ4v) is 2.68. The molecule has 0 amide bonds. The maximum atomic E-state index is 11.2. The van der Waals surface area contributed by atoms with Gasteiger partial charge in [0.05, 0.1) is 23.9 Å². The van der Waals surface area contributed by atoms with Crippen molar-refractivity contribution in [3.05, 3.63) is 52.8 Å². The Labute approximate surface area is 128 Å². The van der Waals surface area contributed by atoms with Gasteiger partial charge in [-0.15, -0.1) is 0 Å². The van der Waals surface area contributed by atoms with Gasteiger partial charge < -0.3 is 9.84 Å². The summed E-state index contributed by atoms with van der Waals surface area (Å²) < 4.78 is 7.95. The fourth-order valence-electron chi connectivity index (χ4n) is 2.22. The molecule has 0 saturated heterocycles. The van der Waals surface area contributed by atoms with E-state index < -0.39 is 5.97 Å². The molecule has 0 aliphatic rings. The van der Waals surface area contributed by atoms with Crippen molar-refractivity contribution in [2.24, 2.45) is 0 Å². The predicted molar refractivity (Wildman–Crippen MR) is 82.3 cm³/mol. The Balaban J connectivity index is 2.24. The third-order valence-electron chi connectivity index (χ3n) is 3.18. The highest BCUT2D eigenvalue weighted by atomic mass is 79.9. The van der Waals surface area contributed by atoms with E-state index in [4.69, 9.17) is 4.74 Å². The molecular formula is C15H11BrN2O3. The van der Waals surface area contributed by atoms with E-state index in [9.17, 15) is 9.90 Å². The first kappa shape index (κ1) is 13.6. The smallest absolute Gasteiger partial charge is 0.337 e. The number of carbonyl (C=O) groups is 1. The second kappa shape index (κ2) is 5.21. The summed E-state index contributed by atoms with van der Waals surface area (Å²) in [7, 11) is 1.60. The number of para-hydroxylation sites is 1. The molecule has 2 aromatic carbocycles. The zero-order valence-electron chi connectivity index (χ0n) is 11.1. The van der Waals surface area contributed by atoms with Crippen molar-refractivity contribution in [2.75, 3.05) is 7.11 Å². The number of benzene rings is 2. The Hall–Kier alpha value is -2.34. The summed E-state index contributed by atoms with van der Waals surface area (Å²) in [4.78, 5) is 15.5. The van der Waals surface area contributed by atoms with Gasteiger partial charge in [0.15, 0.2) is 0 Å². The number of halogens is 1. The summed E-state index contributed by atoms with van der Waals surface area (Å²) in [5, 5.41) is 9.21. The zero-order chi connectivity index (χ0) is 15.0. The van der Waals surface area contributed by atoms with Gasteiger partial charge in [0, 0.05) is 10.5 Å². The number of hydrogen-bond acceptors (Lipinski definition) is 3. The lowest BCUT2D eigenvalue weighted by Crippen LogP contribution is -1.98. The number of methoxy groups -OCH3 is 1. The molecule has 0 fully saturated rings. The number of rotatable bonds is 3. The molecule has 106 valence electrons. The Morgan fingerprint density at radius 1 is 1.33 bits per heavy atom. The molecule has 0 radical (unpaired) electrons. The van der Waals surface area contributed by atoms with E-state index >= 15 is 0 Å². The normalized spacial score (nSPS) is 10.8. The number of imidazole rings is 1. The lowest BCUT2D eigenvalue weighted by Gasteiger charge is -2.08. The van der Waals surface area contributed by atoms with Crippen molar-refractivity contribution in [3.63, 3.8) is 0 Å². The minimum Gasteiger partial charge on any atom is -0.497 e. The average Bonchev–Trinajstić information content (AvgIpc) is 2.90. The summed E-state index contributed by atoms with van der Waals surface area (Å²) in [5.41, 5.74) is 2.22. The minimum absolute atomic E-state index is 0.188. The molecule has 6 heteroatoms. The second-order valence-corrected chi connectivity index (χ2v) is 5.36. The SMILES string of the molecule is COc1cc(Br)cc(-n2cnc3c(C(=O)O)cccc32)c1. The van der Waals surface area contributed by atoms with Gasteiger partial charge in [-0.05, 0) is 24.3 Å². The summed E-state index contributed by atoms with van der Waals surface area (Å²) >= 11 is 3.43. The van der Waals surface area contributed by atoms with E-state index in [1.807, 2.05) is 28.8 Å². The van der Waals surface area contributed by atoms with E-state index in [1.165, 1.54) is 0 Å². The topological polar surface area (TPSA) is 64.4 Å². The molecule has 0 atom stereocenters. The quantitative estimate of drug-likeness (QED) is 0.788. The van der Waals surface area contributed by atoms with Gasteiger partial charge in [-0.2, -0.15) is 0 Å². The van der Waals surface area contributed by atoms with E-state index in [1.54, 1.807) is 25.6 Å². The first-order valence-electron chi connectivity index (χ1n) is 6.14. The van der Waals surface area contributed by atoms with Crippen LogP contribution in [0.1, 0.15) is 10.4 Å². The van der Waals surface area contributed by atoms with Crippen LogP contribution in [0, 0.1) is 0 Å². The molecule has 3 rings (SSSR count). The van der Waals surface area contributed by atoms with Crippen LogP contribution in [0.5, 0.6) is 5.75 Å². The molecule has 1 aromatic heterocycles. The van der Waals surface area contributed by atoms with Crippen molar-refractivity contribution in [1.82, 2.24) is 9.55 Å². The van der Waals surface area contributed by atoms with Crippen molar-refractivity contribution in [2.45, 2.75) is 0 Å². The van der Waals surface area contributed by atoms with Crippen LogP contribution in [0.4, 0.5) is 0 Å². The highest BCUT2D eigenvalue weighted by Crippen LogP contribution is 2.27. The number of ether oxygens (including phenoxy) is 1. The van der Waals surface area contributed by atoms with Crippen LogP contribution in [0.3, 0.4) is 0 Å². The Bertz CT molecular complexity index is 842. The molecule has 0 spiro atoms. The van der Waals surface area contributed by atoms with Crippen LogP contribution in [-0.2, 0) is 0 Å². The third-order valence-corrected chi connectivity index (χ3v) is 3.63. The lowest BCUT2D eigenvalue weighted by atomic mass is 10.2. The second-order valence-electron chi connectivity index (χ2n) is 4.44. The standard InChI is InChI=1S/C15H11BrN2O3/c1-21-11-6-9(16)5-10(7-11)18-8-17-14-12(15(19)20)3-2-4-13(14)18/h2-8H,1H3,(H,19,20). The van der Waals surface area contributed by atoms with Gasteiger partial charge in [-0.25, -0.2) is 9.78 Å². The maximum Gasteiger partial charge on any atom is 0.337 e. The van der Waals surface area contributed by atoms with E-state index in [0.29, 0.717) is 11.3 Å². The molecule has 0 saturated carbocycles. The number of hydrogen-bond donors (Lipinski definition) is 1. The first-order chi connectivity index (χ1) is 10.1. The average molecular weight is 347 g/mol. The summed E-state index contributed by atoms with van der Waals surface area (Å²) in [6, 6.07) is 10.7. The van der Waals surface area contributed by atoms with Crippen LogP contribution in [0.25, 0.3) is 16.7 Å². The molecule has 0 unspecified atom stereocenters. The van der Waals surface area contributed by atoms with Crippen LogP contribution in [-0.4, -0.2) is 27.7 Å². The minimum atomic E-state index is -0.988. The van der Waals surface area contributed by atoms with Gasteiger partial charge in [0.25, 0.3) is 0 Å². The molecule has 5 nitrogen and oxygen atoms in total. The number of aromatic carboxylic acids is 1. The Kier molecular flexibility index (Phi) is 3.39. The van der Waals surface area contributed by atoms with Gasteiger partial charge in [0.1, 0.15) is 17.6 Å². The highest BCUT2D eigenvalue weighted by molar-refractivity contribution is 9.10. The zero-order valence-corrected chi connectivity index (χ0v) is 12.7. The monoisotopic (exact) mass is 346 g/mol. The Morgan fingerprint density at radius 2 is 2.14 bits per heavy atom. The molecule has 1 heterocycles. The van der Waals surface area contributed by atoms with Crippen molar-refractivity contribution in [3.8, 4) is 11.4 Å². The summed E-state index contributed by atoms with van der Waals surface area (Å²) in [5.74, 6) is -0.284. The molecule has 21 heavy (non-hydrogen) atoms. The van der Waals surface area contributed by atoms with Crippen molar-refractivity contribution < 1.29 is 14.6 Å². The largest absolute Gasteiger partial charge is 0.497 e. The van der Waals surface area contributed by atoms with Crippen LogP contribution < -0.4 is 4.74 Å². The number of carboxylic acids is 1. The summed E-state index contributed by atoms with van der Waals surface area (Å²) in [6.07, 6.45) is 1.61. The molecular weight excluding hydrogens is 336 g/mol. The third kappa shape index (κ3) is 2.38. The number of nitrogens with zero attached hydrogens (tertiary/aromatic N) is 2. The number of carboxylic acid groups (broad SMARTS) is 1. The van der Waals surface area contributed by atoms with Crippen LogP contribution >= 0.6 is 15.9 Å². The van der Waals surface area contributed by atoms with Gasteiger partial charge in [0.2, 0.25) is 0 Å². The molecule has 3 aromatic rings. The van der Waals surface area contributed by atoms with Gasteiger partial charge in [-0.1, -0.05) is 22.0 Å². The van der Waals surface area contributed by atoms with Crippen LogP contribution in [0.2, 0.25) is 0 Å². The van der Waals surface area contributed by atoms with Gasteiger partial charge >= 0.3 is 5.97 Å². The molecule has 0 aliphatic heterocycles. The number of fused-ring (bicyclic) bond motifs is 1. The van der Waals surface area contributed by atoms with E-state index in [0.717, 1.165) is 15.7 Å². The van der Waals surface area contributed by atoms with E-state index in [-0.39, 0.29) is 5.56 Å². The van der Waals surface area contributed by atoms with E-state index in [2.05, 4.69) is 20.9 Å². The molecule has 0 bridgehead atoms. The first-order valence-corrected chi connectivity index (χ1v) is 6.94. The Morgan fingerprint density at radius 3 is 2.86 bits per heavy atom. The molecule has 0 aliphatic carbocycles. The lowest BCUT2D eigenvalue weighted by molar-refractivity contribution is 0.0699. The molecule has 1 N–H and O–H groups in total. The predicted octanol–water partition coefficient (Wildman–Crippen LogP) is 3.49. The number of aromatic nitrogens is 2. The van der Waals surface area contributed by atoms with Gasteiger partial charge in [-0.3, -0.25) is 4.57 Å². The maximum absolute atomic E-state index is 11.2. The summed E-state index contributed by atoms with van der Waals surface area (Å²) in [6.45, 7) is 0. The van der Waals surface area contributed by atoms with Crippen molar-refractivity contribution >= 4 is 32.9 Å². The van der Waals surface area contributed by atoms with Crippen molar-refractivity contribution in [1.29, 1.82) is 0 Å². The van der Waals surface area contributed by atoms with Crippen LogP contribution in [0.15, 0.2) is 47.2 Å².